The smallest absolute Gasteiger partial charge is 0.462 e. The van der Waals surface area contributed by atoms with Crippen LogP contribution >= 0.6 is 7.82 Å². The third kappa shape index (κ3) is 36.3. The minimum Gasteiger partial charge on any atom is -0.462 e. The van der Waals surface area contributed by atoms with Gasteiger partial charge in [0.15, 0.2) is 6.10 Å². The number of allylic oxidation sites excluding steroid dienone is 4. The lowest BCUT2D eigenvalue weighted by Crippen LogP contribution is -2.29. The number of rotatable bonds is 38. The van der Waals surface area contributed by atoms with E-state index in [0.717, 1.165) is 57.8 Å². The van der Waals surface area contributed by atoms with Crippen LogP contribution in [0, 0.1) is 0 Å². The first-order chi connectivity index (χ1) is 24.3. The third-order valence-electron chi connectivity index (χ3n) is 8.56. The van der Waals surface area contributed by atoms with Gasteiger partial charge in [0.1, 0.15) is 6.61 Å². The Bertz CT molecular complexity index is 881. The van der Waals surface area contributed by atoms with Crippen LogP contribution in [0.5, 0.6) is 0 Å². The van der Waals surface area contributed by atoms with Gasteiger partial charge < -0.3 is 20.1 Å². The van der Waals surface area contributed by atoms with E-state index in [1.54, 1.807) is 0 Å². The van der Waals surface area contributed by atoms with Crippen molar-refractivity contribution in [2.45, 2.75) is 193 Å². The Balaban J connectivity index is 4.17. The Morgan fingerprint density at radius 1 is 0.580 bits per heavy atom. The quantitative estimate of drug-likeness (QED) is 0.0275. The van der Waals surface area contributed by atoms with Crippen LogP contribution in [0.3, 0.4) is 0 Å². The molecule has 0 aromatic rings. The number of hydrogen-bond donors (Lipinski definition) is 2. The average Bonchev–Trinajstić information content (AvgIpc) is 3.10. The molecule has 0 heterocycles. The Labute approximate surface area is 306 Å². The molecule has 0 fully saturated rings. The van der Waals surface area contributed by atoms with E-state index in [0.29, 0.717) is 6.42 Å². The van der Waals surface area contributed by atoms with Gasteiger partial charge in [0, 0.05) is 19.4 Å². The summed E-state index contributed by atoms with van der Waals surface area (Å²) in [4.78, 5) is 34.7. The summed E-state index contributed by atoms with van der Waals surface area (Å²) in [6.45, 7) is 3.68. The number of unbranched alkanes of at least 4 members (excludes halogenated alkanes) is 21. The molecule has 0 aromatic carbocycles. The zero-order valence-electron chi connectivity index (χ0n) is 32.1. The molecule has 10 heteroatoms. The summed E-state index contributed by atoms with van der Waals surface area (Å²) in [6.07, 6.45) is 37.7. The standard InChI is InChI=1S/C40H76NO8P/c1-3-5-7-9-11-13-15-17-18-19-20-21-23-25-27-29-31-33-40(43)49-38(37-48-50(44,45)47-35-34-41)36-46-39(42)32-30-28-26-24-22-16-14-12-10-8-6-4-2/h12-15,38H,3-11,16-37,41H2,1-2H3,(H,44,45)/b14-12+,15-13+/t38-/m1/s1. The fourth-order valence-corrected chi connectivity index (χ4v) is 6.27. The lowest BCUT2D eigenvalue weighted by molar-refractivity contribution is -0.161. The van der Waals surface area contributed by atoms with Gasteiger partial charge in [-0.2, -0.15) is 0 Å². The first kappa shape index (κ1) is 48.5. The Hall–Kier alpha value is -1.51. The molecule has 0 bridgehead atoms. The maximum atomic E-state index is 12.5. The molecule has 0 spiro atoms. The highest BCUT2D eigenvalue weighted by molar-refractivity contribution is 7.47. The molecule has 3 N–H and O–H groups in total. The zero-order chi connectivity index (χ0) is 36.8. The van der Waals surface area contributed by atoms with Crippen molar-refractivity contribution in [1.82, 2.24) is 0 Å². The van der Waals surface area contributed by atoms with Gasteiger partial charge in [0.05, 0.1) is 13.2 Å². The summed E-state index contributed by atoms with van der Waals surface area (Å²) < 4.78 is 32.7. The molecule has 0 rings (SSSR count). The number of carbonyl (C=O) groups excluding carboxylic acids is 2. The summed E-state index contributed by atoms with van der Waals surface area (Å²) in [7, 11) is -4.37. The van der Waals surface area contributed by atoms with Gasteiger partial charge in [-0.3, -0.25) is 18.6 Å². The van der Waals surface area contributed by atoms with Gasteiger partial charge in [-0.1, -0.05) is 134 Å². The lowest BCUT2D eigenvalue weighted by Gasteiger charge is -2.19. The predicted octanol–water partition coefficient (Wildman–Crippen LogP) is 11.2. The number of esters is 2. The van der Waals surface area contributed by atoms with Crippen molar-refractivity contribution in [2.24, 2.45) is 5.73 Å². The second kappa shape index (κ2) is 37.3. The van der Waals surface area contributed by atoms with Gasteiger partial charge in [-0.25, -0.2) is 4.57 Å². The minimum atomic E-state index is -4.37. The Morgan fingerprint density at radius 2 is 0.980 bits per heavy atom. The van der Waals surface area contributed by atoms with Crippen molar-refractivity contribution in [3.05, 3.63) is 24.3 Å². The molecule has 0 aliphatic rings. The third-order valence-corrected chi connectivity index (χ3v) is 9.54. The van der Waals surface area contributed by atoms with Crippen molar-refractivity contribution in [1.29, 1.82) is 0 Å². The molecule has 2 atom stereocenters. The van der Waals surface area contributed by atoms with Gasteiger partial charge >= 0.3 is 19.8 Å². The molecule has 0 aliphatic carbocycles. The molecule has 1 unspecified atom stereocenters. The van der Waals surface area contributed by atoms with E-state index in [1.807, 2.05) is 0 Å². The monoisotopic (exact) mass is 730 g/mol. The Kier molecular flexibility index (Phi) is 36.1. The fraction of sp³-hybridized carbons (Fsp3) is 0.850. The van der Waals surface area contributed by atoms with Crippen molar-refractivity contribution in [2.75, 3.05) is 26.4 Å². The SMILES string of the molecule is CCCCC/C=C/CCCCCCCC(=O)OC[C@H](COP(=O)(O)OCCN)OC(=O)CCCCCCCCCCC/C=C/CCCCCC. The van der Waals surface area contributed by atoms with Crippen molar-refractivity contribution < 1.29 is 37.6 Å². The van der Waals surface area contributed by atoms with Crippen LogP contribution in [0.15, 0.2) is 24.3 Å². The van der Waals surface area contributed by atoms with E-state index >= 15 is 0 Å². The van der Waals surface area contributed by atoms with Gasteiger partial charge in [0.2, 0.25) is 0 Å². The second-order valence-electron chi connectivity index (χ2n) is 13.5. The summed E-state index contributed by atoms with van der Waals surface area (Å²) in [6, 6.07) is 0. The molecule has 0 amide bonds. The van der Waals surface area contributed by atoms with Crippen molar-refractivity contribution >= 4 is 19.8 Å². The highest BCUT2D eigenvalue weighted by Crippen LogP contribution is 2.43. The second-order valence-corrected chi connectivity index (χ2v) is 14.9. The van der Waals surface area contributed by atoms with Crippen LogP contribution in [0.25, 0.3) is 0 Å². The van der Waals surface area contributed by atoms with Crippen LogP contribution in [0.2, 0.25) is 0 Å². The molecule has 0 radical (unpaired) electrons. The molecule has 0 aromatic heterocycles. The molecule has 0 saturated heterocycles. The Morgan fingerprint density at radius 3 is 1.46 bits per heavy atom. The maximum absolute atomic E-state index is 12.5. The van der Waals surface area contributed by atoms with Gasteiger partial charge in [-0.15, -0.1) is 0 Å². The number of phosphoric acid groups is 1. The van der Waals surface area contributed by atoms with Crippen molar-refractivity contribution in [3.63, 3.8) is 0 Å². The summed E-state index contributed by atoms with van der Waals surface area (Å²) in [5.74, 6) is -0.839. The zero-order valence-corrected chi connectivity index (χ0v) is 33.0. The van der Waals surface area contributed by atoms with E-state index < -0.39 is 32.5 Å². The summed E-state index contributed by atoms with van der Waals surface area (Å²) in [5.41, 5.74) is 5.33. The van der Waals surface area contributed by atoms with Crippen molar-refractivity contribution in [3.8, 4) is 0 Å². The number of carbonyl (C=O) groups is 2. The van der Waals surface area contributed by atoms with E-state index in [9.17, 15) is 19.0 Å². The fourth-order valence-electron chi connectivity index (χ4n) is 5.51. The van der Waals surface area contributed by atoms with E-state index in [1.165, 1.54) is 96.3 Å². The average molecular weight is 730 g/mol. The van der Waals surface area contributed by atoms with E-state index in [2.05, 4.69) is 38.2 Å². The lowest BCUT2D eigenvalue weighted by atomic mass is 10.1. The van der Waals surface area contributed by atoms with Crippen LogP contribution in [0.4, 0.5) is 0 Å². The highest BCUT2D eigenvalue weighted by atomic mass is 31.2. The molecular weight excluding hydrogens is 653 g/mol. The van der Waals surface area contributed by atoms with Gasteiger partial charge in [-0.05, 0) is 64.2 Å². The molecular formula is C40H76NO8P. The highest BCUT2D eigenvalue weighted by Gasteiger charge is 2.26. The number of nitrogens with two attached hydrogens (primary N) is 1. The number of hydrogen-bond acceptors (Lipinski definition) is 8. The van der Waals surface area contributed by atoms with Crippen LogP contribution in [0.1, 0.15) is 187 Å². The molecule has 50 heavy (non-hydrogen) atoms. The van der Waals surface area contributed by atoms with E-state index in [-0.39, 0.29) is 32.6 Å². The molecule has 9 nitrogen and oxygen atoms in total. The summed E-state index contributed by atoms with van der Waals surface area (Å²) in [5, 5.41) is 0. The first-order valence-electron chi connectivity index (χ1n) is 20.3. The van der Waals surface area contributed by atoms with Crippen LogP contribution in [-0.4, -0.2) is 49.3 Å². The topological polar surface area (TPSA) is 134 Å². The minimum absolute atomic E-state index is 0.0529. The molecule has 0 aliphatic heterocycles. The largest absolute Gasteiger partial charge is 0.472 e. The first-order valence-corrected chi connectivity index (χ1v) is 21.8. The number of ether oxygens (including phenoxy) is 2. The normalized spacial score (nSPS) is 13.6. The van der Waals surface area contributed by atoms with Crippen LogP contribution < -0.4 is 5.73 Å². The van der Waals surface area contributed by atoms with Crippen LogP contribution in [-0.2, 0) is 32.7 Å². The predicted molar refractivity (Wildman–Crippen MR) is 206 cm³/mol. The summed E-state index contributed by atoms with van der Waals surface area (Å²) >= 11 is 0. The molecule has 0 saturated carbocycles. The van der Waals surface area contributed by atoms with E-state index in [4.69, 9.17) is 24.3 Å². The maximum Gasteiger partial charge on any atom is 0.472 e. The molecule has 294 valence electrons. The number of phosphoric ester groups is 1. The van der Waals surface area contributed by atoms with Gasteiger partial charge in [0.25, 0.3) is 0 Å².